The Bertz CT molecular complexity index is 694. The van der Waals surface area contributed by atoms with E-state index in [9.17, 15) is 4.79 Å². The minimum atomic E-state index is -0.384. The number of hydrogen-bond acceptors (Lipinski definition) is 5. The number of rotatable bonds is 2. The zero-order valence-electron chi connectivity index (χ0n) is 12.2. The predicted octanol–water partition coefficient (Wildman–Crippen LogP) is 2.99. The molecule has 2 N–H and O–H groups in total. The lowest BCUT2D eigenvalue weighted by Gasteiger charge is -2.30. The normalized spacial score (nSPS) is 13.9. The van der Waals surface area contributed by atoms with Crippen LogP contribution in [0.25, 0.3) is 0 Å². The van der Waals surface area contributed by atoms with Gasteiger partial charge in [-0.05, 0) is 48.1 Å². The minimum absolute atomic E-state index is 0.384. The zero-order valence-corrected chi connectivity index (χ0v) is 13.0. The summed E-state index contributed by atoms with van der Waals surface area (Å²) in [6.07, 6.45) is 1.05. The first-order valence-electron chi connectivity index (χ1n) is 6.88. The van der Waals surface area contributed by atoms with Crippen molar-refractivity contribution in [3.63, 3.8) is 0 Å². The van der Waals surface area contributed by atoms with Gasteiger partial charge >= 0.3 is 5.97 Å². The summed E-state index contributed by atoms with van der Waals surface area (Å²) in [5.74, 6) is -0.384. The summed E-state index contributed by atoms with van der Waals surface area (Å²) >= 11 is 1.82. The van der Waals surface area contributed by atoms with Gasteiger partial charge in [0.2, 0.25) is 0 Å². The maximum Gasteiger partial charge on any atom is 0.340 e. The van der Waals surface area contributed by atoms with Crippen molar-refractivity contribution in [3.8, 4) is 0 Å². The number of nitrogen functional groups attached to an aromatic ring is 1. The first kappa shape index (κ1) is 13.9. The molecule has 3 rings (SSSR count). The number of nitrogens with two attached hydrogens (primary N) is 1. The monoisotopic (exact) mass is 302 g/mol. The van der Waals surface area contributed by atoms with Crippen LogP contribution in [0.15, 0.2) is 23.6 Å². The molecule has 5 heteroatoms. The quantitative estimate of drug-likeness (QED) is 0.684. The summed E-state index contributed by atoms with van der Waals surface area (Å²) in [6.45, 7) is 3.76. The molecule has 4 nitrogen and oxygen atoms in total. The van der Waals surface area contributed by atoms with E-state index in [1.165, 1.54) is 17.6 Å². The van der Waals surface area contributed by atoms with Crippen molar-refractivity contribution in [3.05, 3.63) is 45.1 Å². The average Bonchev–Trinajstić information content (AvgIpc) is 2.96. The Labute approximate surface area is 128 Å². The molecular formula is C16H18N2O2S. The summed E-state index contributed by atoms with van der Waals surface area (Å²) in [5.41, 5.74) is 10.3. The fourth-order valence-corrected chi connectivity index (χ4v) is 3.60. The molecule has 0 radical (unpaired) electrons. The number of methoxy groups -OCH3 is 1. The van der Waals surface area contributed by atoms with Crippen molar-refractivity contribution in [1.29, 1.82) is 0 Å². The molecule has 1 aliphatic rings. The van der Waals surface area contributed by atoms with Crippen LogP contribution < -0.4 is 10.6 Å². The van der Waals surface area contributed by atoms with E-state index in [-0.39, 0.29) is 5.97 Å². The van der Waals surface area contributed by atoms with Gasteiger partial charge in [0.1, 0.15) is 0 Å². The van der Waals surface area contributed by atoms with Gasteiger partial charge in [0.15, 0.2) is 0 Å². The second kappa shape index (κ2) is 5.41. The minimum Gasteiger partial charge on any atom is -0.465 e. The first-order chi connectivity index (χ1) is 10.1. The number of esters is 1. The molecule has 110 valence electrons. The van der Waals surface area contributed by atoms with Gasteiger partial charge in [-0.3, -0.25) is 0 Å². The van der Waals surface area contributed by atoms with Crippen molar-refractivity contribution in [1.82, 2.24) is 0 Å². The number of carbonyl (C=O) groups excluding carboxylic acids is 1. The third-order valence-electron chi connectivity index (χ3n) is 3.95. The predicted molar refractivity (Wildman–Crippen MR) is 86.0 cm³/mol. The van der Waals surface area contributed by atoms with Gasteiger partial charge in [0.05, 0.1) is 12.7 Å². The summed E-state index contributed by atoms with van der Waals surface area (Å²) in [7, 11) is 1.38. The van der Waals surface area contributed by atoms with Gasteiger partial charge in [-0.1, -0.05) is 0 Å². The third-order valence-corrected chi connectivity index (χ3v) is 4.97. The van der Waals surface area contributed by atoms with E-state index in [2.05, 4.69) is 16.3 Å². The van der Waals surface area contributed by atoms with Crippen molar-refractivity contribution < 1.29 is 9.53 Å². The van der Waals surface area contributed by atoms with E-state index in [4.69, 9.17) is 10.5 Å². The van der Waals surface area contributed by atoms with Crippen LogP contribution in [0, 0.1) is 6.92 Å². The molecular weight excluding hydrogens is 284 g/mol. The lowest BCUT2D eigenvalue weighted by molar-refractivity contribution is 0.0602. The summed E-state index contributed by atoms with van der Waals surface area (Å²) < 4.78 is 4.82. The van der Waals surface area contributed by atoms with Crippen LogP contribution in [0.1, 0.15) is 26.4 Å². The summed E-state index contributed by atoms with van der Waals surface area (Å²) in [5, 5.41) is 2.14. The molecule has 0 aliphatic carbocycles. The molecule has 2 aromatic rings. The van der Waals surface area contributed by atoms with E-state index in [0.29, 0.717) is 11.3 Å². The number of carbonyl (C=O) groups is 1. The number of anilines is 2. The van der Waals surface area contributed by atoms with Gasteiger partial charge in [0, 0.05) is 29.3 Å². The number of ether oxygens (including phenoxy) is 1. The number of benzene rings is 1. The summed E-state index contributed by atoms with van der Waals surface area (Å²) in [6, 6.07) is 6.06. The molecule has 21 heavy (non-hydrogen) atoms. The Balaban J connectivity index is 1.96. The topological polar surface area (TPSA) is 55.6 Å². The van der Waals surface area contributed by atoms with Crippen LogP contribution in [0.2, 0.25) is 0 Å². The fraction of sp³-hybridized carbons (Fsp3) is 0.312. The standard InChI is InChI=1S/C16H18N2O2S/c1-10-7-12(8-13(15(10)17)16(19)20-2)18-5-3-14-11(9-18)4-6-21-14/h4,6-8H,3,5,9,17H2,1-2H3. The van der Waals surface area contributed by atoms with Crippen LogP contribution in [-0.4, -0.2) is 19.6 Å². The van der Waals surface area contributed by atoms with E-state index in [0.717, 1.165) is 30.8 Å². The Morgan fingerprint density at radius 3 is 3.00 bits per heavy atom. The third kappa shape index (κ3) is 2.49. The highest BCUT2D eigenvalue weighted by Crippen LogP contribution is 2.31. The Kier molecular flexibility index (Phi) is 3.59. The summed E-state index contributed by atoms with van der Waals surface area (Å²) in [4.78, 5) is 15.6. The van der Waals surface area contributed by atoms with Gasteiger partial charge in [-0.25, -0.2) is 4.79 Å². The molecule has 1 aromatic carbocycles. The smallest absolute Gasteiger partial charge is 0.340 e. The van der Waals surface area contributed by atoms with Crippen LogP contribution in [0.4, 0.5) is 11.4 Å². The maximum atomic E-state index is 11.9. The zero-order chi connectivity index (χ0) is 15.0. The lowest BCUT2D eigenvalue weighted by atomic mass is 10.0. The molecule has 0 atom stereocenters. The van der Waals surface area contributed by atoms with Gasteiger partial charge in [-0.15, -0.1) is 11.3 Å². The number of thiophene rings is 1. The molecule has 0 saturated carbocycles. The SMILES string of the molecule is COC(=O)c1cc(N2CCc3sccc3C2)cc(C)c1N. The highest BCUT2D eigenvalue weighted by molar-refractivity contribution is 7.10. The average molecular weight is 302 g/mol. The van der Waals surface area contributed by atoms with E-state index in [1.807, 2.05) is 30.4 Å². The first-order valence-corrected chi connectivity index (χ1v) is 7.76. The molecule has 0 saturated heterocycles. The molecule has 0 bridgehead atoms. The van der Waals surface area contributed by atoms with Gasteiger partial charge < -0.3 is 15.4 Å². The van der Waals surface area contributed by atoms with Crippen molar-refractivity contribution in [2.75, 3.05) is 24.3 Å². The molecule has 0 amide bonds. The Hall–Kier alpha value is -2.01. The van der Waals surface area contributed by atoms with E-state index in [1.54, 1.807) is 0 Å². The van der Waals surface area contributed by atoms with Crippen LogP contribution in [-0.2, 0) is 17.7 Å². The fourth-order valence-electron chi connectivity index (χ4n) is 2.71. The Morgan fingerprint density at radius 1 is 1.43 bits per heavy atom. The van der Waals surface area contributed by atoms with Crippen molar-refractivity contribution in [2.24, 2.45) is 0 Å². The number of nitrogens with zero attached hydrogens (tertiary/aromatic N) is 1. The Morgan fingerprint density at radius 2 is 2.24 bits per heavy atom. The highest BCUT2D eigenvalue weighted by atomic mass is 32.1. The number of fused-ring (bicyclic) bond motifs is 1. The molecule has 1 aromatic heterocycles. The van der Waals surface area contributed by atoms with Crippen molar-refractivity contribution >= 4 is 28.7 Å². The van der Waals surface area contributed by atoms with E-state index >= 15 is 0 Å². The highest BCUT2D eigenvalue weighted by Gasteiger charge is 2.20. The number of hydrogen-bond donors (Lipinski definition) is 1. The molecule has 1 aliphatic heterocycles. The van der Waals surface area contributed by atoms with Crippen LogP contribution in [0.3, 0.4) is 0 Å². The largest absolute Gasteiger partial charge is 0.465 e. The van der Waals surface area contributed by atoms with Crippen LogP contribution in [0.5, 0.6) is 0 Å². The molecule has 2 heterocycles. The van der Waals surface area contributed by atoms with Crippen LogP contribution >= 0.6 is 11.3 Å². The lowest BCUT2D eigenvalue weighted by Crippen LogP contribution is -2.29. The van der Waals surface area contributed by atoms with Crippen molar-refractivity contribution in [2.45, 2.75) is 19.9 Å². The maximum absolute atomic E-state index is 11.9. The van der Waals surface area contributed by atoms with Gasteiger partial charge in [0.25, 0.3) is 0 Å². The van der Waals surface area contributed by atoms with Gasteiger partial charge in [-0.2, -0.15) is 0 Å². The second-order valence-corrected chi connectivity index (χ2v) is 6.26. The second-order valence-electron chi connectivity index (χ2n) is 5.26. The molecule has 0 spiro atoms. The molecule has 0 unspecified atom stereocenters. The molecule has 0 fully saturated rings. The van der Waals surface area contributed by atoms with E-state index < -0.39 is 0 Å². The number of aryl methyl sites for hydroxylation is 1.